The minimum absolute atomic E-state index is 0.0375. The van der Waals surface area contributed by atoms with Gasteiger partial charge in [0, 0.05) is 0 Å². The molecule has 3 rings (SSSR count). The second-order valence-electron chi connectivity index (χ2n) is 6.76. The van der Waals surface area contributed by atoms with Crippen LogP contribution in [0.4, 0.5) is 0 Å². The number of phenolic OH excluding ortho intramolecular Hbond substituents is 1. The van der Waals surface area contributed by atoms with Gasteiger partial charge in [0.1, 0.15) is 5.75 Å². The third-order valence-electron chi connectivity index (χ3n) is 5.11. The number of phenols is 1. The average molecular weight is 396 g/mol. The molecule has 0 saturated carbocycles. The lowest BCUT2D eigenvalue weighted by atomic mass is 10.00. The number of aliphatic carboxylic acids is 1. The summed E-state index contributed by atoms with van der Waals surface area (Å²) in [5.74, 6) is 0.460. The van der Waals surface area contributed by atoms with E-state index < -0.39 is 5.97 Å². The smallest absolute Gasteiger partial charge is 0.307 e. The molecule has 0 fully saturated rings. The van der Waals surface area contributed by atoms with Crippen LogP contribution in [0.1, 0.15) is 30.0 Å². The second kappa shape index (κ2) is 8.31. The molecule has 0 aromatic heterocycles. The number of methoxy groups -OCH3 is 3. The molecule has 6 heteroatoms. The quantitative estimate of drug-likeness (QED) is 0.726. The maximum Gasteiger partial charge on any atom is 0.307 e. The molecule has 0 saturated heterocycles. The lowest BCUT2D eigenvalue weighted by molar-refractivity contribution is -0.135. The van der Waals surface area contributed by atoms with Crippen LogP contribution in [0, 0.1) is 0 Å². The Morgan fingerprint density at radius 2 is 1.66 bits per heavy atom. The Balaban J connectivity index is 2.03. The van der Waals surface area contributed by atoms with E-state index in [-0.39, 0.29) is 12.2 Å². The van der Waals surface area contributed by atoms with Crippen molar-refractivity contribution in [2.45, 2.75) is 19.8 Å². The molecule has 2 N–H and O–H groups in total. The minimum atomic E-state index is -0.873. The number of hydrogen-bond acceptors (Lipinski definition) is 5. The molecule has 2 aromatic rings. The summed E-state index contributed by atoms with van der Waals surface area (Å²) in [6, 6.07) is 9.23. The highest BCUT2D eigenvalue weighted by Crippen LogP contribution is 2.44. The molecular weight excluding hydrogens is 372 g/mol. The number of carbonyl (C=O) groups is 1. The van der Waals surface area contributed by atoms with Gasteiger partial charge in [-0.05, 0) is 71.0 Å². The maximum absolute atomic E-state index is 11.4. The number of aromatic hydroxyl groups is 1. The first-order valence-corrected chi connectivity index (χ1v) is 9.14. The summed E-state index contributed by atoms with van der Waals surface area (Å²) in [6.07, 6.45) is 2.57. The molecule has 0 unspecified atom stereocenters. The lowest BCUT2D eigenvalue weighted by Gasteiger charge is -2.11. The summed E-state index contributed by atoms with van der Waals surface area (Å²) in [5.41, 5.74) is 5.49. The van der Waals surface area contributed by atoms with Gasteiger partial charge in [0.2, 0.25) is 5.75 Å². The van der Waals surface area contributed by atoms with Crippen LogP contribution in [0.3, 0.4) is 0 Å². The fourth-order valence-corrected chi connectivity index (χ4v) is 3.63. The highest BCUT2D eigenvalue weighted by Gasteiger charge is 2.25. The van der Waals surface area contributed by atoms with Gasteiger partial charge in [0.15, 0.2) is 11.5 Å². The Labute approximate surface area is 169 Å². The molecular formula is C23H24O6. The Morgan fingerprint density at radius 1 is 1.00 bits per heavy atom. The molecule has 0 aliphatic heterocycles. The lowest BCUT2D eigenvalue weighted by Crippen LogP contribution is -1.97. The summed E-state index contributed by atoms with van der Waals surface area (Å²) >= 11 is 0. The van der Waals surface area contributed by atoms with E-state index in [0.29, 0.717) is 23.7 Å². The number of fused-ring (bicyclic) bond motifs is 1. The normalized spacial score (nSPS) is 14.1. The van der Waals surface area contributed by atoms with E-state index in [1.165, 1.54) is 14.2 Å². The number of allylic oxidation sites excluding steroid dienone is 3. The van der Waals surface area contributed by atoms with Crippen molar-refractivity contribution in [1.82, 2.24) is 0 Å². The standard InChI is InChI=1S/C23H24O6/c1-13-16(7-5-14-9-20(28-3)23(26)21(10-14)29-4)17-8-6-15(27-2)11-19(17)18(13)12-22(24)25/h6-11,26H,5,12H2,1-4H3,(H,24,25)/b16-7-. The number of hydrogen-bond donors (Lipinski definition) is 2. The SMILES string of the molecule is COc1ccc2c(c1)C(CC(=O)O)=C(C)/C2=C/Cc1cc(OC)c(O)c(OC)c1. The molecule has 2 aromatic carbocycles. The first kappa shape index (κ1) is 20.3. The Kier molecular flexibility index (Phi) is 5.82. The van der Waals surface area contributed by atoms with Crippen molar-refractivity contribution >= 4 is 17.1 Å². The molecule has 0 bridgehead atoms. The van der Waals surface area contributed by atoms with E-state index in [9.17, 15) is 15.0 Å². The van der Waals surface area contributed by atoms with Gasteiger partial charge in [-0.3, -0.25) is 4.79 Å². The zero-order valence-corrected chi connectivity index (χ0v) is 16.9. The van der Waals surface area contributed by atoms with Crippen LogP contribution in [0.15, 0.2) is 42.0 Å². The van der Waals surface area contributed by atoms with Crippen molar-refractivity contribution in [1.29, 1.82) is 0 Å². The van der Waals surface area contributed by atoms with Crippen molar-refractivity contribution in [3.63, 3.8) is 0 Å². The van der Waals surface area contributed by atoms with E-state index in [4.69, 9.17) is 14.2 Å². The highest BCUT2D eigenvalue weighted by molar-refractivity contribution is 6.03. The van der Waals surface area contributed by atoms with Gasteiger partial charge < -0.3 is 24.4 Å². The van der Waals surface area contributed by atoms with E-state index in [0.717, 1.165) is 33.4 Å². The zero-order valence-electron chi connectivity index (χ0n) is 16.9. The average Bonchev–Trinajstić information content (AvgIpc) is 2.97. The van der Waals surface area contributed by atoms with Gasteiger partial charge in [0.25, 0.3) is 0 Å². The van der Waals surface area contributed by atoms with Gasteiger partial charge in [-0.25, -0.2) is 0 Å². The Morgan fingerprint density at radius 3 is 2.21 bits per heavy atom. The molecule has 29 heavy (non-hydrogen) atoms. The first-order chi connectivity index (χ1) is 13.9. The molecule has 0 radical (unpaired) electrons. The van der Waals surface area contributed by atoms with E-state index >= 15 is 0 Å². The number of carboxylic acid groups (broad SMARTS) is 1. The van der Waals surface area contributed by atoms with Gasteiger partial charge in [-0.2, -0.15) is 0 Å². The summed E-state index contributed by atoms with van der Waals surface area (Å²) in [6.45, 7) is 1.94. The van der Waals surface area contributed by atoms with Crippen molar-refractivity contribution in [2.75, 3.05) is 21.3 Å². The van der Waals surface area contributed by atoms with Crippen LogP contribution < -0.4 is 14.2 Å². The highest BCUT2D eigenvalue weighted by atomic mass is 16.5. The van der Waals surface area contributed by atoms with Crippen molar-refractivity contribution < 1.29 is 29.2 Å². The Bertz CT molecular complexity index is 991. The fourth-order valence-electron chi connectivity index (χ4n) is 3.63. The summed E-state index contributed by atoms with van der Waals surface area (Å²) in [4.78, 5) is 11.4. The maximum atomic E-state index is 11.4. The molecule has 0 spiro atoms. The van der Waals surface area contributed by atoms with Crippen LogP contribution >= 0.6 is 0 Å². The second-order valence-corrected chi connectivity index (χ2v) is 6.76. The molecule has 0 atom stereocenters. The van der Waals surface area contributed by atoms with Crippen LogP contribution in [0.2, 0.25) is 0 Å². The molecule has 1 aliphatic carbocycles. The van der Waals surface area contributed by atoms with Gasteiger partial charge >= 0.3 is 5.97 Å². The third-order valence-corrected chi connectivity index (χ3v) is 5.11. The molecule has 152 valence electrons. The Hall–Kier alpha value is -3.41. The topological polar surface area (TPSA) is 85.2 Å². The van der Waals surface area contributed by atoms with Crippen LogP contribution in [-0.4, -0.2) is 37.5 Å². The van der Waals surface area contributed by atoms with Gasteiger partial charge in [-0.15, -0.1) is 0 Å². The van der Waals surface area contributed by atoms with Crippen LogP contribution in [0.25, 0.3) is 11.1 Å². The molecule has 0 amide bonds. The number of benzene rings is 2. The van der Waals surface area contributed by atoms with E-state index in [1.54, 1.807) is 19.2 Å². The zero-order chi connectivity index (χ0) is 21.1. The predicted molar refractivity (Wildman–Crippen MR) is 111 cm³/mol. The monoisotopic (exact) mass is 396 g/mol. The van der Waals surface area contributed by atoms with Gasteiger partial charge in [0.05, 0.1) is 27.8 Å². The van der Waals surface area contributed by atoms with Gasteiger partial charge in [-0.1, -0.05) is 12.1 Å². The summed E-state index contributed by atoms with van der Waals surface area (Å²) < 4.78 is 15.8. The van der Waals surface area contributed by atoms with E-state index in [1.807, 2.05) is 25.1 Å². The molecule has 1 aliphatic rings. The number of ether oxygens (including phenoxy) is 3. The number of rotatable bonds is 7. The molecule has 6 nitrogen and oxygen atoms in total. The fraction of sp³-hybridized carbons (Fsp3) is 0.261. The largest absolute Gasteiger partial charge is 0.502 e. The van der Waals surface area contributed by atoms with Crippen molar-refractivity contribution in [3.05, 3.63) is 58.7 Å². The van der Waals surface area contributed by atoms with Crippen molar-refractivity contribution in [3.8, 4) is 23.0 Å². The third kappa shape index (κ3) is 3.92. The minimum Gasteiger partial charge on any atom is -0.502 e. The predicted octanol–water partition coefficient (Wildman–Crippen LogP) is 4.31. The van der Waals surface area contributed by atoms with Crippen LogP contribution in [0.5, 0.6) is 23.0 Å². The number of carboxylic acids is 1. The first-order valence-electron chi connectivity index (χ1n) is 9.14. The summed E-state index contributed by atoms with van der Waals surface area (Å²) in [7, 11) is 4.57. The van der Waals surface area contributed by atoms with Crippen molar-refractivity contribution in [2.24, 2.45) is 0 Å². The van der Waals surface area contributed by atoms with E-state index in [2.05, 4.69) is 6.08 Å². The summed E-state index contributed by atoms with van der Waals surface area (Å²) in [5, 5.41) is 19.4. The van der Waals surface area contributed by atoms with Crippen LogP contribution in [-0.2, 0) is 11.2 Å². The molecule has 0 heterocycles.